The van der Waals surface area contributed by atoms with Crippen molar-refractivity contribution in [3.05, 3.63) is 17.8 Å². The molecule has 0 fully saturated rings. The summed E-state index contributed by atoms with van der Waals surface area (Å²) in [5, 5.41) is 3.25. The van der Waals surface area contributed by atoms with Crippen LogP contribution in [0.1, 0.15) is 43.6 Å². The predicted molar refractivity (Wildman–Crippen MR) is 69.8 cm³/mol. The fraction of sp³-hybridized carbons (Fsp3) is 0.500. The molecule has 94 valence electrons. The van der Waals surface area contributed by atoms with Gasteiger partial charge in [-0.05, 0) is 25.0 Å². The van der Waals surface area contributed by atoms with Gasteiger partial charge in [-0.15, -0.1) is 0 Å². The zero-order valence-electron chi connectivity index (χ0n) is 10.4. The Morgan fingerprint density at radius 3 is 2.71 bits per heavy atom. The third kappa shape index (κ3) is 3.62. The smallest absolute Gasteiger partial charge is 0.267 e. The van der Waals surface area contributed by atoms with E-state index < -0.39 is 5.91 Å². The number of hydrogen-bond donors (Lipinski definition) is 3. The van der Waals surface area contributed by atoms with Gasteiger partial charge in [0.15, 0.2) is 0 Å². The van der Waals surface area contributed by atoms with Crippen molar-refractivity contribution in [2.45, 2.75) is 39.2 Å². The van der Waals surface area contributed by atoms with Gasteiger partial charge in [0.1, 0.15) is 11.5 Å². The van der Waals surface area contributed by atoms with Gasteiger partial charge in [-0.2, -0.15) is 0 Å². The quantitative estimate of drug-likeness (QED) is 0.701. The number of nitrogens with one attached hydrogen (secondary N) is 1. The second-order valence-electron chi connectivity index (χ2n) is 4.04. The number of nitrogens with zero attached hydrogens (tertiary/aromatic N) is 1. The van der Waals surface area contributed by atoms with Crippen molar-refractivity contribution >= 4 is 17.4 Å². The highest BCUT2D eigenvalue weighted by atomic mass is 16.1. The molecule has 0 aliphatic carbocycles. The lowest BCUT2D eigenvalue weighted by atomic mass is 10.1. The van der Waals surface area contributed by atoms with Crippen molar-refractivity contribution in [1.29, 1.82) is 0 Å². The average molecular weight is 236 g/mol. The largest absolute Gasteiger partial charge is 0.396 e. The molecule has 0 aliphatic heterocycles. The van der Waals surface area contributed by atoms with E-state index in [0.29, 0.717) is 17.5 Å². The molecule has 0 radical (unpaired) electrons. The second kappa shape index (κ2) is 6.08. The Bertz CT molecular complexity index is 392. The summed E-state index contributed by atoms with van der Waals surface area (Å²) in [7, 11) is 0. The van der Waals surface area contributed by atoms with Gasteiger partial charge in [-0.3, -0.25) is 4.79 Å². The normalized spacial score (nSPS) is 12.1. The zero-order chi connectivity index (χ0) is 12.8. The molecule has 0 aliphatic rings. The van der Waals surface area contributed by atoms with Gasteiger partial charge >= 0.3 is 0 Å². The highest BCUT2D eigenvalue weighted by molar-refractivity contribution is 5.91. The van der Waals surface area contributed by atoms with Crippen molar-refractivity contribution in [3.63, 3.8) is 0 Å². The second-order valence-corrected chi connectivity index (χ2v) is 4.04. The zero-order valence-corrected chi connectivity index (χ0v) is 10.4. The maximum Gasteiger partial charge on any atom is 0.267 e. The van der Waals surface area contributed by atoms with Crippen LogP contribution in [0.4, 0.5) is 11.5 Å². The third-order valence-electron chi connectivity index (χ3n) is 2.65. The van der Waals surface area contributed by atoms with Crippen molar-refractivity contribution in [3.8, 4) is 0 Å². The molecule has 5 N–H and O–H groups in total. The molecule has 17 heavy (non-hydrogen) atoms. The maximum absolute atomic E-state index is 11.0. The Morgan fingerprint density at radius 1 is 1.47 bits per heavy atom. The number of carbonyl (C=O) groups is 1. The van der Waals surface area contributed by atoms with E-state index in [1.165, 1.54) is 6.07 Å². The summed E-state index contributed by atoms with van der Waals surface area (Å²) in [6.45, 7) is 4.22. The molecule has 0 spiro atoms. The topological polar surface area (TPSA) is 94.0 Å². The van der Waals surface area contributed by atoms with Gasteiger partial charge in [0.2, 0.25) is 0 Å². The fourth-order valence-corrected chi connectivity index (χ4v) is 1.64. The molecule has 1 aromatic rings. The van der Waals surface area contributed by atoms with Crippen molar-refractivity contribution in [2.75, 3.05) is 11.1 Å². The number of pyridine rings is 1. The van der Waals surface area contributed by atoms with Gasteiger partial charge in [0, 0.05) is 6.04 Å². The van der Waals surface area contributed by atoms with Crippen LogP contribution in [0.3, 0.4) is 0 Å². The molecule has 5 heteroatoms. The van der Waals surface area contributed by atoms with E-state index in [2.05, 4.69) is 24.1 Å². The lowest BCUT2D eigenvalue weighted by Crippen LogP contribution is -2.21. The Morgan fingerprint density at radius 2 is 2.18 bits per heavy atom. The summed E-state index contributed by atoms with van der Waals surface area (Å²) in [5.41, 5.74) is 11.8. The minimum absolute atomic E-state index is 0.230. The third-order valence-corrected chi connectivity index (χ3v) is 2.65. The molecule has 5 nitrogen and oxygen atoms in total. The molecule has 1 amide bonds. The molecule has 1 rings (SSSR count). The van der Waals surface area contributed by atoms with Crippen LogP contribution < -0.4 is 16.8 Å². The fourth-order valence-electron chi connectivity index (χ4n) is 1.64. The SMILES string of the molecule is CCCC(CC)Nc1nc(C(N)=O)ccc1N. The molecule has 0 saturated heterocycles. The van der Waals surface area contributed by atoms with E-state index in [4.69, 9.17) is 11.5 Å². The van der Waals surface area contributed by atoms with Crippen molar-refractivity contribution < 1.29 is 4.79 Å². The van der Waals surface area contributed by atoms with E-state index in [1.54, 1.807) is 6.07 Å². The van der Waals surface area contributed by atoms with Crippen LogP contribution in [0.2, 0.25) is 0 Å². The lowest BCUT2D eigenvalue weighted by molar-refractivity contribution is 0.0995. The first-order chi connectivity index (χ1) is 8.08. The van der Waals surface area contributed by atoms with E-state index in [-0.39, 0.29) is 5.69 Å². The first-order valence-corrected chi connectivity index (χ1v) is 5.91. The van der Waals surface area contributed by atoms with Gasteiger partial charge < -0.3 is 16.8 Å². The molecule has 1 unspecified atom stereocenters. The van der Waals surface area contributed by atoms with E-state index >= 15 is 0 Å². The number of anilines is 2. The Hall–Kier alpha value is -1.78. The lowest BCUT2D eigenvalue weighted by Gasteiger charge is -2.18. The molecule has 0 aromatic carbocycles. The van der Waals surface area contributed by atoms with Crippen LogP contribution in [-0.2, 0) is 0 Å². The minimum atomic E-state index is -0.545. The van der Waals surface area contributed by atoms with Crippen LogP contribution in [0, 0.1) is 0 Å². The van der Waals surface area contributed by atoms with Crippen LogP contribution in [0.25, 0.3) is 0 Å². The molecule has 1 heterocycles. The number of amides is 1. The summed E-state index contributed by atoms with van der Waals surface area (Å²) >= 11 is 0. The predicted octanol–water partition coefficient (Wildman–Crippen LogP) is 1.75. The first kappa shape index (κ1) is 13.3. The van der Waals surface area contributed by atoms with Crippen LogP contribution in [-0.4, -0.2) is 16.9 Å². The number of hydrogen-bond acceptors (Lipinski definition) is 4. The molecular formula is C12H20N4O. The van der Waals surface area contributed by atoms with Gasteiger partial charge in [0.05, 0.1) is 5.69 Å². The monoisotopic (exact) mass is 236 g/mol. The number of nitrogen functional groups attached to an aromatic ring is 1. The van der Waals surface area contributed by atoms with Crippen molar-refractivity contribution in [1.82, 2.24) is 4.98 Å². The van der Waals surface area contributed by atoms with Crippen LogP contribution in [0.15, 0.2) is 12.1 Å². The van der Waals surface area contributed by atoms with E-state index in [0.717, 1.165) is 19.3 Å². The van der Waals surface area contributed by atoms with E-state index in [9.17, 15) is 4.79 Å². The number of aromatic nitrogens is 1. The highest BCUT2D eigenvalue weighted by Crippen LogP contribution is 2.18. The Kier molecular flexibility index (Phi) is 4.75. The molecule has 0 bridgehead atoms. The summed E-state index contributed by atoms with van der Waals surface area (Å²) in [4.78, 5) is 15.2. The van der Waals surface area contributed by atoms with Crippen molar-refractivity contribution in [2.24, 2.45) is 5.73 Å². The molecular weight excluding hydrogens is 216 g/mol. The van der Waals surface area contributed by atoms with Gasteiger partial charge in [-0.25, -0.2) is 4.98 Å². The highest BCUT2D eigenvalue weighted by Gasteiger charge is 2.10. The Balaban J connectivity index is 2.88. The summed E-state index contributed by atoms with van der Waals surface area (Å²) < 4.78 is 0. The molecule has 1 aromatic heterocycles. The van der Waals surface area contributed by atoms with Crippen LogP contribution in [0.5, 0.6) is 0 Å². The van der Waals surface area contributed by atoms with Gasteiger partial charge in [0.25, 0.3) is 5.91 Å². The van der Waals surface area contributed by atoms with Crippen LogP contribution >= 0.6 is 0 Å². The standard InChI is InChI=1S/C12H20N4O/c1-3-5-8(4-2)15-12-9(13)6-7-10(16-12)11(14)17/h6-8H,3-5,13H2,1-2H3,(H2,14,17)(H,15,16). The summed E-state index contributed by atoms with van der Waals surface area (Å²) in [6.07, 6.45) is 3.11. The van der Waals surface area contributed by atoms with E-state index in [1.807, 2.05) is 0 Å². The summed E-state index contributed by atoms with van der Waals surface area (Å²) in [6, 6.07) is 3.50. The number of rotatable bonds is 6. The van der Waals surface area contributed by atoms with Gasteiger partial charge in [-0.1, -0.05) is 20.3 Å². The number of nitrogens with two attached hydrogens (primary N) is 2. The maximum atomic E-state index is 11.0. The minimum Gasteiger partial charge on any atom is -0.396 e. The average Bonchev–Trinajstić information content (AvgIpc) is 2.30. The molecule has 0 saturated carbocycles. The first-order valence-electron chi connectivity index (χ1n) is 5.91. The Labute approximate surface area is 102 Å². The summed E-state index contributed by atoms with van der Waals surface area (Å²) in [5.74, 6) is -0.00168. The molecule has 1 atom stereocenters. The number of carbonyl (C=O) groups excluding carboxylic acids is 1. The number of primary amides is 1.